The van der Waals surface area contributed by atoms with Crippen LogP contribution in [0.25, 0.3) is 11.4 Å². The fraction of sp³-hybridized carbons (Fsp3) is 0.474. The summed E-state index contributed by atoms with van der Waals surface area (Å²) < 4.78 is 10.8. The molecule has 0 radical (unpaired) electrons. The number of benzene rings is 1. The molecule has 7 nitrogen and oxygen atoms in total. The SMILES string of the molecule is COc1ccc(-c2nc3c([nH]2)CN(C(=O)CC2CNCCO2)CC3)cc1. The molecule has 1 fully saturated rings. The molecule has 1 atom stereocenters. The first-order chi connectivity index (χ1) is 12.7. The van der Waals surface area contributed by atoms with Gasteiger partial charge in [-0.1, -0.05) is 0 Å². The van der Waals surface area contributed by atoms with E-state index in [1.165, 1.54) is 0 Å². The van der Waals surface area contributed by atoms with Crippen molar-refractivity contribution in [1.82, 2.24) is 20.2 Å². The van der Waals surface area contributed by atoms with Crippen molar-refractivity contribution in [3.8, 4) is 17.1 Å². The first-order valence-corrected chi connectivity index (χ1v) is 9.05. The fourth-order valence-corrected chi connectivity index (χ4v) is 3.47. The number of imidazole rings is 1. The summed E-state index contributed by atoms with van der Waals surface area (Å²) in [5.41, 5.74) is 3.09. The highest BCUT2D eigenvalue weighted by Gasteiger charge is 2.26. The Morgan fingerprint density at radius 1 is 1.38 bits per heavy atom. The molecule has 2 aliphatic heterocycles. The van der Waals surface area contributed by atoms with E-state index in [4.69, 9.17) is 14.5 Å². The van der Waals surface area contributed by atoms with E-state index in [0.717, 1.165) is 48.0 Å². The Morgan fingerprint density at radius 3 is 2.96 bits per heavy atom. The standard InChI is InChI=1S/C19H24N4O3/c1-25-14-4-2-13(3-5-14)19-21-16-6-8-23(12-17(16)22-19)18(24)10-15-11-20-7-9-26-15/h2-5,15,20H,6-12H2,1H3,(H,21,22). The molecule has 1 aromatic carbocycles. The largest absolute Gasteiger partial charge is 0.497 e. The molecule has 1 saturated heterocycles. The zero-order valence-electron chi connectivity index (χ0n) is 15.0. The van der Waals surface area contributed by atoms with Crippen LogP contribution in [0.15, 0.2) is 24.3 Å². The van der Waals surface area contributed by atoms with Gasteiger partial charge < -0.3 is 24.7 Å². The van der Waals surface area contributed by atoms with E-state index < -0.39 is 0 Å². The number of hydrogen-bond acceptors (Lipinski definition) is 5. The Labute approximate surface area is 152 Å². The van der Waals surface area contributed by atoms with Gasteiger partial charge in [-0.3, -0.25) is 4.79 Å². The zero-order valence-corrected chi connectivity index (χ0v) is 15.0. The molecule has 4 rings (SSSR count). The molecular weight excluding hydrogens is 332 g/mol. The van der Waals surface area contributed by atoms with Crippen molar-refractivity contribution in [1.29, 1.82) is 0 Å². The molecule has 7 heteroatoms. The number of fused-ring (bicyclic) bond motifs is 1. The monoisotopic (exact) mass is 356 g/mol. The number of aromatic amines is 1. The molecule has 2 aromatic rings. The van der Waals surface area contributed by atoms with Crippen LogP contribution in [0.2, 0.25) is 0 Å². The van der Waals surface area contributed by atoms with Gasteiger partial charge in [0.15, 0.2) is 0 Å². The molecule has 1 unspecified atom stereocenters. The summed E-state index contributed by atoms with van der Waals surface area (Å²) in [7, 11) is 1.65. The summed E-state index contributed by atoms with van der Waals surface area (Å²) in [5.74, 6) is 1.80. The second kappa shape index (κ2) is 7.47. The van der Waals surface area contributed by atoms with Crippen molar-refractivity contribution in [3.63, 3.8) is 0 Å². The highest BCUT2D eigenvalue weighted by Crippen LogP contribution is 2.25. The molecule has 2 aliphatic rings. The predicted octanol–water partition coefficient (Wildman–Crippen LogP) is 1.35. The Bertz CT molecular complexity index is 766. The number of morpholine rings is 1. The molecule has 138 valence electrons. The maximum atomic E-state index is 12.6. The number of nitrogens with one attached hydrogen (secondary N) is 2. The highest BCUT2D eigenvalue weighted by atomic mass is 16.5. The number of rotatable bonds is 4. The van der Waals surface area contributed by atoms with Crippen molar-refractivity contribution >= 4 is 5.91 Å². The second-order valence-corrected chi connectivity index (χ2v) is 6.71. The number of H-pyrrole nitrogens is 1. The molecule has 26 heavy (non-hydrogen) atoms. The molecule has 2 N–H and O–H groups in total. The average Bonchev–Trinajstić information content (AvgIpc) is 3.12. The van der Waals surface area contributed by atoms with Crippen LogP contribution in [0.1, 0.15) is 17.8 Å². The van der Waals surface area contributed by atoms with Gasteiger partial charge in [0.25, 0.3) is 0 Å². The van der Waals surface area contributed by atoms with Gasteiger partial charge in [0.05, 0.1) is 44.2 Å². The second-order valence-electron chi connectivity index (χ2n) is 6.71. The number of methoxy groups -OCH3 is 1. The van der Waals surface area contributed by atoms with Crippen molar-refractivity contribution in [2.75, 3.05) is 33.4 Å². The van der Waals surface area contributed by atoms with Gasteiger partial charge >= 0.3 is 0 Å². The van der Waals surface area contributed by atoms with Crippen LogP contribution < -0.4 is 10.1 Å². The lowest BCUT2D eigenvalue weighted by atomic mass is 10.1. The Morgan fingerprint density at radius 2 is 2.23 bits per heavy atom. The Hall–Kier alpha value is -2.38. The minimum absolute atomic E-state index is 0.0192. The Kier molecular flexibility index (Phi) is 4.90. The normalized spacial score (nSPS) is 19.9. The molecular formula is C19H24N4O3. The summed E-state index contributed by atoms with van der Waals surface area (Å²) in [4.78, 5) is 22.6. The van der Waals surface area contributed by atoms with Crippen LogP contribution in [0.4, 0.5) is 0 Å². The molecule has 0 aliphatic carbocycles. The summed E-state index contributed by atoms with van der Waals surface area (Å²) in [5, 5.41) is 3.27. The maximum absolute atomic E-state index is 12.6. The predicted molar refractivity (Wildman–Crippen MR) is 96.9 cm³/mol. The van der Waals surface area contributed by atoms with E-state index in [1.807, 2.05) is 29.2 Å². The van der Waals surface area contributed by atoms with E-state index >= 15 is 0 Å². The van der Waals surface area contributed by atoms with Gasteiger partial charge in [0, 0.05) is 31.6 Å². The van der Waals surface area contributed by atoms with Crippen LogP contribution in [0, 0.1) is 0 Å². The lowest BCUT2D eigenvalue weighted by molar-refractivity contribution is -0.135. The smallest absolute Gasteiger partial charge is 0.225 e. The van der Waals surface area contributed by atoms with Gasteiger partial charge in [-0.2, -0.15) is 0 Å². The van der Waals surface area contributed by atoms with Crippen molar-refractivity contribution in [2.24, 2.45) is 0 Å². The van der Waals surface area contributed by atoms with Gasteiger partial charge in [0.1, 0.15) is 11.6 Å². The van der Waals surface area contributed by atoms with Crippen LogP contribution in [-0.2, 0) is 22.5 Å². The number of carbonyl (C=O) groups is 1. The van der Waals surface area contributed by atoms with E-state index in [0.29, 0.717) is 26.1 Å². The van der Waals surface area contributed by atoms with E-state index in [-0.39, 0.29) is 12.0 Å². The number of ether oxygens (including phenoxy) is 2. The summed E-state index contributed by atoms with van der Waals surface area (Å²) >= 11 is 0. The van der Waals surface area contributed by atoms with Gasteiger partial charge in [-0.25, -0.2) is 4.98 Å². The number of hydrogen-bond donors (Lipinski definition) is 2. The number of amides is 1. The average molecular weight is 356 g/mol. The number of nitrogens with zero attached hydrogens (tertiary/aromatic N) is 2. The third kappa shape index (κ3) is 3.59. The molecule has 1 aromatic heterocycles. The van der Waals surface area contributed by atoms with Gasteiger partial charge in [-0.05, 0) is 24.3 Å². The minimum atomic E-state index is -0.0192. The van der Waals surface area contributed by atoms with E-state index in [1.54, 1.807) is 7.11 Å². The first kappa shape index (κ1) is 17.1. The number of carbonyl (C=O) groups excluding carboxylic acids is 1. The third-order valence-corrected chi connectivity index (χ3v) is 4.95. The molecule has 3 heterocycles. The molecule has 0 saturated carbocycles. The summed E-state index contributed by atoms with van der Waals surface area (Å²) in [6, 6.07) is 7.81. The van der Waals surface area contributed by atoms with Crippen molar-refractivity contribution < 1.29 is 14.3 Å². The lowest BCUT2D eigenvalue weighted by Crippen LogP contribution is -2.43. The Balaban J connectivity index is 1.43. The van der Waals surface area contributed by atoms with E-state index in [2.05, 4.69) is 10.3 Å². The lowest BCUT2D eigenvalue weighted by Gasteiger charge is -2.29. The maximum Gasteiger partial charge on any atom is 0.225 e. The van der Waals surface area contributed by atoms with Crippen molar-refractivity contribution in [3.05, 3.63) is 35.7 Å². The zero-order chi connectivity index (χ0) is 17.9. The van der Waals surface area contributed by atoms with Crippen LogP contribution in [-0.4, -0.2) is 60.2 Å². The quantitative estimate of drug-likeness (QED) is 0.864. The molecule has 0 spiro atoms. The first-order valence-electron chi connectivity index (χ1n) is 9.05. The van der Waals surface area contributed by atoms with Gasteiger partial charge in [-0.15, -0.1) is 0 Å². The minimum Gasteiger partial charge on any atom is -0.497 e. The van der Waals surface area contributed by atoms with Crippen molar-refractivity contribution in [2.45, 2.75) is 25.5 Å². The highest BCUT2D eigenvalue weighted by molar-refractivity contribution is 5.77. The molecule has 1 amide bonds. The fourth-order valence-electron chi connectivity index (χ4n) is 3.47. The summed E-state index contributed by atoms with van der Waals surface area (Å²) in [6.45, 7) is 3.57. The van der Waals surface area contributed by atoms with Crippen LogP contribution >= 0.6 is 0 Å². The third-order valence-electron chi connectivity index (χ3n) is 4.95. The topological polar surface area (TPSA) is 79.5 Å². The molecule has 0 bridgehead atoms. The van der Waals surface area contributed by atoms with Gasteiger partial charge in [0.2, 0.25) is 5.91 Å². The van der Waals surface area contributed by atoms with Crippen LogP contribution in [0.3, 0.4) is 0 Å². The van der Waals surface area contributed by atoms with Crippen LogP contribution in [0.5, 0.6) is 5.75 Å². The van der Waals surface area contributed by atoms with E-state index in [9.17, 15) is 4.79 Å². The number of aromatic nitrogens is 2. The summed E-state index contributed by atoms with van der Waals surface area (Å²) in [6.07, 6.45) is 1.19.